The average Bonchev–Trinajstić information content (AvgIpc) is 2.87. The van der Waals surface area contributed by atoms with E-state index in [1.807, 2.05) is 18.4 Å². The summed E-state index contributed by atoms with van der Waals surface area (Å²) >= 11 is 1.40. The largest absolute Gasteiger partial charge is 0.383 e. The van der Waals surface area contributed by atoms with Gasteiger partial charge in [0.15, 0.2) is 5.16 Å². The Balaban J connectivity index is 2.51. The van der Waals surface area contributed by atoms with Crippen molar-refractivity contribution in [2.45, 2.75) is 25.5 Å². The summed E-state index contributed by atoms with van der Waals surface area (Å²) in [6.45, 7) is 10.3. The summed E-state index contributed by atoms with van der Waals surface area (Å²) in [7, 11) is 1.65. The topological polar surface area (TPSA) is 60.2 Å². The van der Waals surface area contributed by atoms with E-state index in [1.165, 1.54) is 11.8 Å². The van der Waals surface area contributed by atoms with Gasteiger partial charge in [-0.15, -0.1) is 10.2 Å². The number of carbonyl (C=O) groups is 1. The van der Waals surface area contributed by atoms with Crippen LogP contribution in [-0.2, 0) is 16.1 Å². The molecule has 6 nitrogen and oxygen atoms in total. The molecule has 0 radical (unpaired) electrons. The quantitative estimate of drug-likeness (QED) is 0.510. The van der Waals surface area contributed by atoms with Gasteiger partial charge in [-0.3, -0.25) is 4.79 Å². The first kappa shape index (κ1) is 16.7. The van der Waals surface area contributed by atoms with E-state index in [9.17, 15) is 4.79 Å². The molecule has 0 saturated carbocycles. The van der Waals surface area contributed by atoms with Crippen molar-refractivity contribution in [3.63, 3.8) is 0 Å². The van der Waals surface area contributed by atoms with Crippen LogP contribution in [0.5, 0.6) is 0 Å². The number of aromatic nitrogens is 3. The van der Waals surface area contributed by atoms with Gasteiger partial charge >= 0.3 is 0 Å². The molecule has 0 aliphatic rings. The Hall–Kier alpha value is -1.34. The Labute approximate surface area is 124 Å². The lowest BCUT2D eigenvalue weighted by Gasteiger charge is -2.20. The van der Waals surface area contributed by atoms with Gasteiger partial charge in [-0.2, -0.15) is 0 Å². The monoisotopic (exact) mass is 298 g/mol. The van der Waals surface area contributed by atoms with Crippen LogP contribution in [0.1, 0.15) is 13.8 Å². The summed E-state index contributed by atoms with van der Waals surface area (Å²) in [5.41, 5.74) is 0.980. The Bertz CT molecular complexity index is 447. The van der Waals surface area contributed by atoms with Crippen LogP contribution in [0.25, 0.3) is 0 Å². The number of likely N-dealkylation sites (N-methyl/N-ethyl adjacent to an activating group) is 1. The van der Waals surface area contributed by atoms with Crippen LogP contribution in [0.15, 0.2) is 23.6 Å². The minimum Gasteiger partial charge on any atom is -0.383 e. The van der Waals surface area contributed by atoms with Gasteiger partial charge in [-0.25, -0.2) is 0 Å². The number of hydrogen-bond acceptors (Lipinski definition) is 5. The molecule has 112 valence electrons. The molecule has 0 N–H and O–H groups in total. The highest BCUT2D eigenvalue weighted by Crippen LogP contribution is 2.15. The summed E-state index contributed by atoms with van der Waals surface area (Å²) in [6, 6.07) is 0. The molecule has 0 aliphatic heterocycles. The van der Waals surface area contributed by atoms with E-state index in [1.54, 1.807) is 18.3 Å². The zero-order chi connectivity index (χ0) is 15.0. The van der Waals surface area contributed by atoms with E-state index >= 15 is 0 Å². The van der Waals surface area contributed by atoms with Crippen molar-refractivity contribution in [2.75, 3.05) is 32.6 Å². The molecule has 0 atom stereocenters. The molecule has 0 bridgehead atoms. The predicted octanol–water partition coefficient (Wildman–Crippen LogP) is 1.44. The van der Waals surface area contributed by atoms with Gasteiger partial charge in [0.25, 0.3) is 0 Å². The second-order valence-corrected chi connectivity index (χ2v) is 5.40. The van der Waals surface area contributed by atoms with E-state index in [2.05, 4.69) is 16.8 Å². The van der Waals surface area contributed by atoms with Crippen LogP contribution in [-0.4, -0.2) is 58.1 Å². The number of nitrogens with zero attached hydrogens (tertiary/aromatic N) is 4. The second-order valence-electron chi connectivity index (χ2n) is 4.45. The molecule has 0 saturated heterocycles. The second kappa shape index (κ2) is 8.76. The third-order valence-corrected chi connectivity index (χ3v) is 3.60. The van der Waals surface area contributed by atoms with Gasteiger partial charge in [0.1, 0.15) is 6.33 Å². The summed E-state index contributed by atoms with van der Waals surface area (Å²) in [6.07, 6.45) is 1.65. The van der Waals surface area contributed by atoms with Gasteiger partial charge in [-0.05, 0) is 13.8 Å². The minimum atomic E-state index is 0.0850. The number of carbonyl (C=O) groups excluding carboxylic acids is 1. The van der Waals surface area contributed by atoms with Gasteiger partial charge in [0.2, 0.25) is 5.91 Å². The Kier molecular flexibility index (Phi) is 7.32. The van der Waals surface area contributed by atoms with Crippen molar-refractivity contribution in [3.8, 4) is 0 Å². The first-order chi connectivity index (χ1) is 9.58. The van der Waals surface area contributed by atoms with Crippen LogP contribution >= 0.6 is 11.8 Å². The molecule has 0 aliphatic carbocycles. The number of rotatable bonds is 9. The highest BCUT2D eigenvalue weighted by Gasteiger charge is 2.14. The van der Waals surface area contributed by atoms with Gasteiger partial charge in [0.05, 0.1) is 12.4 Å². The number of amides is 1. The van der Waals surface area contributed by atoms with E-state index in [-0.39, 0.29) is 5.91 Å². The van der Waals surface area contributed by atoms with Gasteiger partial charge in [0, 0.05) is 26.7 Å². The molecule has 1 amide bonds. The fourth-order valence-corrected chi connectivity index (χ4v) is 2.46. The molecule has 0 unspecified atom stereocenters. The fourth-order valence-electron chi connectivity index (χ4n) is 1.62. The fraction of sp³-hybridized carbons (Fsp3) is 0.615. The Morgan fingerprint density at radius 3 is 2.95 bits per heavy atom. The zero-order valence-electron chi connectivity index (χ0n) is 12.3. The van der Waals surface area contributed by atoms with Crippen LogP contribution in [0.3, 0.4) is 0 Å². The van der Waals surface area contributed by atoms with Crippen molar-refractivity contribution < 1.29 is 9.53 Å². The third-order valence-electron chi connectivity index (χ3n) is 2.64. The van der Waals surface area contributed by atoms with E-state index in [0.717, 1.165) is 10.7 Å². The molecule has 7 heteroatoms. The van der Waals surface area contributed by atoms with Crippen molar-refractivity contribution in [1.82, 2.24) is 19.7 Å². The maximum absolute atomic E-state index is 12.1. The van der Waals surface area contributed by atoms with E-state index in [4.69, 9.17) is 4.74 Å². The molecule has 20 heavy (non-hydrogen) atoms. The highest BCUT2D eigenvalue weighted by atomic mass is 32.2. The summed E-state index contributed by atoms with van der Waals surface area (Å²) in [4.78, 5) is 13.9. The zero-order valence-corrected chi connectivity index (χ0v) is 13.2. The molecular formula is C13H22N4O2S. The molecule has 1 rings (SSSR count). The van der Waals surface area contributed by atoms with Crippen molar-refractivity contribution >= 4 is 17.7 Å². The van der Waals surface area contributed by atoms with Crippen LogP contribution in [0, 0.1) is 0 Å². The van der Waals surface area contributed by atoms with Crippen molar-refractivity contribution in [2.24, 2.45) is 0 Å². The maximum atomic E-state index is 12.1. The first-order valence-electron chi connectivity index (χ1n) is 6.50. The molecule has 1 aromatic rings. The predicted molar refractivity (Wildman–Crippen MR) is 79.7 cm³/mol. The lowest BCUT2D eigenvalue weighted by Crippen LogP contribution is -2.33. The van der Waals surface area contributed by atoms with Crippen LogP contribution in [0.2, 0.25) is 0 Å². The first-order valence-corrected chi connectivity index (χ1v) is 7.48. The molecule has 0 aromatic carbocycles. The lowest BCUT2D eigenvalue weighted by molar-refractivity contribution is -0.127. The number of hydrogen-bond donors (Lipinski definition) is 0. The summed E-state index contributed by atoms with van der Waals surface area (Å²) < 4.78 is 6.91. The highest BCUT2D eigenvalue weighted by molar-refractivity contribution is 7.99. The molecule has 0 fully saturated rings. The maximum Gasteiger partial charge on any atom is 0.233 e. The minimum absolute atomic E-state index is 0.0850. The Morgan fingerprint density at radius 1 is 1.60 bits per heavy atom. The summed E-state index contributed by atoms with van der Waals surface area (Å²) in [5, 5.41) is 8.62. The number of ether oxygens (including phenoxy) is 1. The molecule has 1 heterocycles. The Morgan fingerprint density at radius 2 is 2.35 bits per heavy atom. The normalized spacial score (nSPS) is 10.6. The molecule has 0 spiro atoms. The van der Waals surface area contributed by atoms with E-state index in [0.29, 0.717) is 32.0 Å². The van der Waals surface area contributed by atoms with Crippen LogP contribution in [0.4, 0.5) is 0 Å². The van der Waals surface area contributed by atoms with Crippen molar-refractivity contribution in [1.29, 1.82) is 0 Å². The summed E-state index contributed by atoms with van der Waals surface area (Å²) in [5.74, 6) is 0.439. The number of thioether (sulfide) groups is 1. The average molecular weight is 298 g/mol. The molecule has 1 aromatic heterocycles. The van der Waals surface area contributed by atoms with E-state index < -0.39 is 0 Å². The standard InChI is InChI=1S/C13H22N4O2S/c1-5-16(8-11(2)3)12(18)9-20-13-15-14-10-17(13)6-7-19-4/h10H,2,5-9H2,1,3-4H3. The third kappa shape index (κ3) is 5.34. The van der Waals surface area contributed by atoms with Crippen molar-refractivity contribution in [3.05, 3.63) is 18.5 Å². The smallest absolute Gasteiger partial charge is 0.233 e. The van der Waals surface area contributed by atoms with Gasteiger partial charge in [-0.1, -0.05) is 23.9 Å². The lowest BCUT2D eigenvalue weighted by atomic mass is 10.3. The van der Waals surface area contributed by atoms with Crippen LogP contribution < -0.4 is 0 Å². The molecular weight excluding hydrogens is 276 g/mol. The SMILES string of the molecule is C=C(C)CN(CC)C(=O)CSc1nncn1CCOC. The van der Waals surface area contributed by atoms with Gasteiger partial charge < -0.3 is 14.2 Å². The number of methoxy groups -OCH3 is 1.